The lowest BCUT2D eigenvalue weighted by molar-refractivity contribution is -0.0689. The predicted molar refractivity (Wildman–Crippen MR) is 66.8 cm³/mol. The first-order valence-electron chi connectivity index (χ1n) is 6.07. The minimum absolute atomic E-state index is 0.0670. The second kappa shape index (κ2) is 4.35. The van der Waals surface area contributed by atoms with E-state index in [1.165, 1.54) is 12.1 Å². The normalized spacial score (nSPS) is 25.4. The molecule has 1 fully saturated rings. The van der Waals surface area contributed by atoms with Gasteiger partial charge in [-0.3, -0.25) is 4.79 Å². The third kappa shape index (κ3) is 2.12. The number of carbonyl (C=O) groups excluding carboxylic acids is 1. The van der Waals surface area contributed by atoms with Crippen LogP contribution in [0, 0.1) is 18.2 Å². The molecule has 0 saturated heterocycles. The van der Waals surface area contributed by atoms with Crippen molar-refractivity contribution in [3.63, 3.8) is 0 Å². The molecule has 3 nitrogen and oxygen atoms in total. The monoisotopic (exact) mass is 251 g/mol. The summed E-state index contributed by atoms with van der Waals surface area (Å²) in [6.07, 6.45) is 0.156. The molecule has 0 heterocycles. The number of rotatable bonds is 2. The van der Waals surface area contributed by atoms with Crippen molar-refractivity contribution in [3.05, 3.63) is 35.1 Å². The van der Waals surface area contributed by atoms with Crippen molar-refractivity contribution in [1.82, 2.24) is 5.32 Å². The minimum atomic E-state index is -0.418. The summed E-state index contributed by atoms with van der Waals surface area (Å²) in [6.45, 7) is 5.59. The highest BCUT2D eigenvalue weighted by Crippen LogP contribution is 2.40. The zero-order chi connectivity index (χ0) is 13.5. The molecule has 2 rings (SSSR count). The maximum Gasteiger partial charge on any atom is 0.251 e. The van der Waals surface area contributed by atoms with Gasteiger partial charge in [0, 0.05) is 17.0 Å². The van der Waals surface area contributed by atoms with Crippen LogP contribution in [0.25, 0.3) is 0 Å². The van der Waals surface area contributed by atoms with E-state index in [1.54, 1.807) is 13.0 Å². The van der Waals surface area contributed by atoms with E-state index >= 15 is 0 Å². The molecule has 1 amide bonds. The first-order chi connectivity index (χ1) is 8.32. The Labute approximate surface area is 106 Å². The number of aryl methyl sites for hydroxylation is 1. The number of aliphatic hydroxyl groups is 1. The van der Waals surface area contributed by atoms with Crippen LogP contribution in [0.15, 0.2) is 18.2 Å². The summed E-state index contributed by atoms with van der Waals surface area (Å²) in [6, 6.07) is 4.10. The number of carbonyl (C=O) groups is 1. The lowest BCUT2D eigenvalue weighted by Gasteiger charge is -2.49. The number of aliphatic hydroxyl groups excluding tert-OH is 1. The quantitative estimate of drug-likeness (QED) is 0.845. The Bertz CT molecular complexity index is 485. The van der Waals surface area contributed by atoms with Gasteiger partial charge in [-0.2, -0.15) is 0 Å². The number of hydrogen-bond donors (Lipinski definition) is 2. The van der Waals surface area contributed by atoms with Crippen LogP contribution >= 0.6 is 0 Å². The summed E-state index contributed by atoms with van der Waals surface area (Å²) in [5, 5.41) is 12.5. The van der Waals surface area contributed by atoms with Crippen LogP contribution in [-0.2, 0) is 0 Å². The number of halogens is 1. The minimum Gasteiger partial charge on any atom is -0.392 e. The fourth-order valence-corrected chi connectivity index (χ4v) is 2.22. The van der Waals surface area contributed by atoms with Crippen LogP contribution in [-0.4, -0.2) is 23.2 Å². The van der Waals surface area contributed by atoms with Crippen molar-refractivity contribution < 1.29 is 14.3 Å². The summed E-state index contributed by atoms with van der Waals surface area (Å²) in [4.78, 5) is 12.1. The van der Waals surface area contributed by atoms with Crippen molar-refractivity contribution in [1.29, 1.82) is 0 Å². The van der Waals surface area contributed by atoms with Crippen LogP contribution in [0.3, 0.4) is 0 Å². The Morgan fingerprint density at radius 3 is 2.72 bits per heavy atom. The zero-order valence-electron chi connectivity index (χ0n) is 10.8. The Hall–Kier alpha value is -1.42. The zero-order valence-corrected chi connectivity index (χ0v) is 10.8. The van der Waals surface area contributed by atoms with E-state index in [9.17, 15) is 14.3 Å². The SMILES string of the molecule is Cc1ccc(F)cc1C(=O)NC1CC(O)C1(C)C. The third-order valence-electron chi connectivity index (χ3n) is 3.97. The van der Waals surface area contributed by atoms with Crippen molar-refractivity contribution >= 4 is 5.91 Å². The smallest absolute Gasteiger partial charge is 0.251 e. The molecule has 1 aliphatic rings. The van der Waals surface area contributed by atoms with Gasteiger partial charge in [0.2, 0.25) is 0 Å². The van der Waals surface area contributed by atoms with Gasteiger partial charge in [0.25, 0.3) is 5.91 Å². The first-order valence-corrected chi connectivity index (χ1v) is 6.07. The Kier molecular flexibility index (Phi) is 3.15. The maximum absolute atomic E-state index is 13.1. The van der Waals surface area contributed by atoms with Crippen LogP contribution in [0.1, 0.15) is 36.2 Å². The van der Waals surface area contributed by atoms with Crippen LogP contribution < -0.4 is 5.32 Å². The lowest BCUT2D eigenvalue weighted by Crippen LogP contribution is -2.61. The molecule has 4 heteroatoms. The van der Waals surface area contributed by atoms with Crippen LogP contribution in [0.2, 0.25) is 0 Å². The molecule has 0 aromatic heterocycles. The molecule has 2 N–H and O–H groups in total. The van der Waals surface area contributed by atoms with Crippen molar-refractivity contribution in [2.45, 2.75) is 39.3 Å². The summed E-state index contributed by atoms with van der Waals surface area (Å²) in [5.41, 5.74) is 0.774. The topological polar surface area (TPSA) is 49.3 Å². The Balaban J connectivity index is 2.12. The van der Waals surface area contributed by atoms with Gasteiger partial charge in [-0.05, 0) is 31.0 Å². The van der Waals surface area contributed by atoms with Gasteiger partial charge in [-0.15, -0.1) is 0 Å². The summed E-state index contributed by atoms with van der Waals surface area (Å²) >= 11 is 0. The van der Waals surface area contributed by atoms with E-state index in [0.29, 0.717) is 12.0 Å². The molecule has 0 spiro atoms. The van der Waals surface area contributed by atoms with Gasteiger partial charge in [0.15, 0.2) is 0 Å². The summed E-state index contributed by atoms with van der Waals surface area (Å²) in [5.74, 6) is -0.698. The fourth-order valence-electron chi connectivity index (χ4n) is 2.22. The van der Waals surface area contributed by atoms with Crippen molar-refractivity contribution in [2.24, 2.45) is 5.41 Å². The van der Waals surface area contributed by atoms with E-state index in [-0.39, 0.29) is 17.4 Å². The molecule has 0 bridgehead atoms. The molecule has 1 aromatic rings. The van der Waals surface area contributed by atoms with Crippen molar-refractivity contribution in [3.8, 4) is 0 Å². The Morgan fingerprint density at radius 2 is 2.17 bits per heavy atom. The largest absolute Gasteiger partial charge is 0.392 e. The highest BCUT2D eigenvalue weighted by atomic mass is 19.1. The average molecular weight is 251 g/mol. The number of benzene rings is 1. The molecule has 2 atom stereocenters. The Morgan fingerprint density at radius 1 is 1.50 bits per heavy atom. The van der Waals surface area contributed by atoms with Crippen LogP contribution in [0.5, 0.6) is 0 Å². The van der Waals surface area contributed by atoms with Gasteiger partial charge >= 0.3 is 0 Å². The highest BCUT2D eigenvalue weighted by Gasteiger charge is 2.48. The van der Waals surface area contributed by atoms with Gasteiger partial charge in [0.1, 0.15) is 5.82 Å². The molecule has 1 saturated carbocycles. The van der Waals surface area contributed by atoms with Gasteiger partial charge in [-0.1, -0.05) is 19.9 Å². The molecule has 18 heavy (non-hydrogen) atoms. The maximum atomic E-state index is 13.1. The summed E-state index contributed by atoms with van der Waals surface area (Å²) in [7, 11) is 0. The number of nitrogens with one attached hydrogen (secondary N) is 1. The third-order valence-corrected chi connectivity index (χ3v) is 3.97. The molecule has 1 aromatic carbocycles. The second-order valence-corrected chi connectivity index (χ2v) is 5.56. The summed E-state index contributed by atoms with van der Waals surface area (Å²) < 4.78 is 13.1. The lowest BCUT2D eigenvalue weighted by atomic mass is 9.64. The number of hydrogen-bond acceptors (Lipinski definition) is 2. The van der Waals surface area contributed by atoms with E-state index in [2.05, 4.69) is 5.32 Å². The molecule has 0 radical (unpaired) electrons. The molecule has 0 aliphatic heterocycles. The predicted octanol–water partition coefficient (Wildman–Crippen LogP) is 2.02. The number of amides is 1. The molecule has 98 valence electrons. The van der Waals surface area contributed by atoms with Gasteiger partial charge in [-0.25, -0.2) is 4.39 Å². The van der Waals surface area contributed by atoms with E-state index in [0.717, 1.165) is 5.56 Å². The average Bonchev–Trinajstić information content (AvgIpc) is 2.31. The van der Waals surface area contributed by atoms with E-state index < -0.39 is 11.9 Å². The second-order valence-electron chi connectivity index (χ2n) is 5.56. The fraction of sp³-hybridized carbons (Fsp3) is 0.500. The van der Waals surface area contributed by atoms with Gasteiger partial charge < -0.3 is 10.4 Å². The van der Waals surface area contributed by atoms with E-state index in [1.807, 2.05) is 13.8 Å². The van der Waals surface area contributed by atoms with Crippen molar-refractivity contribution in [2.75, 3.05) is 0 Å². The van der Waals surface area contributed by atoms with E-state index in [4.69, 9.17) is 0 Å². The standard InChI is InChI=1S/C14H18FNO2/c1-8-4-5-9(15)6-10(8)13(18)16-11-7-12(17)14(11,2)3/h4-6,11-12,17H,7H2,1-3H3,(H,16,18). The molecular formula is C14H18FNO2. The molecule has 2 unspecified atom stereocenters. The highest BCUT2D eigenvalue weighted by molar-refractivity contribution is 5.95. The first kappa shape index (κ1) is 13.0. The van der Waals surface area contributed by atoms with Gasteiger partial charge in [0.05, 0.1) is 6.10 Å². The van der Waals surface area contributed by atoms with Crippen LogP contribution in [0.4, 0.5) is 4.39 Å². The molecule has 1 aliphatic carbocycles. The molecular weight excluding hydrogens is 233 g/mol.